The molecule has 0 atom stereocenters. The summed E-state index contributed by atoms with van der Waals surface area (Å²) in [7, 11) is 0. The van der Waals surface area contributed by atoms with E-state index in [1.54, 1.807) is 36.4 Å². The highest BCUT2D eigenvalue weighted by Gasteiger charge is 2.15. The van der Waals surface area contributed by atoms with Crippen LogP contribution < -0.4 is 20.2 Å². The third kappa shape index (κ3) is 4.18. The van der Waals surface area contributed by atoms with E-state index in [0.29, 0.717) is 16.5 Å². The molecule has 8 heteroatoms. The van der Waals surface area contributed by atoms with E-state index in [1.165, 1.54) is 6.21 Å². The molecule has 3 rings (SSSR count). The van der Waals surface area contributed by atoms with Crippen LogP contribution in [0.4, 0.5) is 5.69 Å². The summed E-state index contributed by atoms with van der Waals surface area (Å²) in [6.07, 6.45) is 1.53. The van der Waals surface area contributed by atoms with Gasteiger partial charge >= 0.3 is 0 Å². The first-order valence-corrected chi connectivity index (χ1v) is 8.19. The maximum absolute atomic E-state index is 11.8. The predicted molar refractivity (Wildman–Crippen MR) is 95.9 cm³/mol. The van der Waals surface area contributed by atoms with Gasteiger partial charge in [-0.05, 0) is 52.3 Å². The molecular weight excluding hydrogens is 398 g/mol. The zero-order chi connectivity index (χ0) is 16.9. The summed E-state index contributed by atoms with van der Waals surface area (Å²) in [5.74, 6) is 1.06. The van der Waals surface area contributed by atoms with Crippen molar-refractivity contribution in [2.45, 2.75) is 0 Å². The summed E-state index contributed by atoms with van der Waals surface area (Å²) in [6.45, 7) is 0.302. The predicted octanol–water partition coefficient (Wildman–Crippen LogP) is 3.39. The zero-order valence-corrected chi connectivity index (χ0v) is 14.7. The van der Waals surface area contributed by atoms with Gasteiger partial charge in [-0.3, -0.25) is 4.79 Å². The van der Waals surface area contributed by atoms with Gasteiger partial charge in [-0.25, -0.2) is 5.43 Å². The molecule has 1 aliphatic heterocycles. The highest BCUT2D eigenvalue weighted by molar-refractivity contribution is 9.10. The van der Waals surface area contributed by atoms with Crippen molar-refractivity contribution in [1.29, 1.82) is 0 Å². The van der Waals surface area contributed by atoms with Crippen LogP contribution in [-0.2, 0) is 4.79 Å². The van der Waals surface area contributed by atoms with E-state index >= 15 is 0 Å². The third-order valence-electron chi connectivity index (χ3n) is 3.18. The van der Waals surface area contributed by atoms with Gasteiger partial charge in [0.1, 0.15) is 0 Å². The maximum Gasteiger partial charge on any atom is 0.259 e. The lowest BCUT2D eigenvalue weighted by atomic mass is 10.2. The number of halogens is 2. The summed E-state index contributed by atoms with van der Waals surface area (Å²) < 4.78 is 11.4. The molecule has 124 valence electrons. The first-order chi connectivity index (χ1) is 11.6. The van der Waals surface area contributed by atoms with Crippen LogP contribution in [-0.4, -0.2) is 25.5 Å². The van der Waals surface area contributed by atoms with Crippen molar-refractivity contribution in [1.82, 2.24) is 5.43 Å². The molecule has 24 heavy (non-hydrogen) atoms. The number of hydrogen-bond acceptors (Lipinski definition) is 5. The van der Waals surface area contributed by atoms with E-state index < -0.39 is 0 Å². The highest BCUT2D eigenvalue weighted by atomic mass is 79.9. The number of carbonyl (C=O) groups excluding carboxylic acids is 1. The average Bonchev–Trinajstić information content (AvgIpc) is 3.01. The maximum atomic E-state index is 11.8. The minimum absolute atomic E-state index is 0.0985. The van der Waals surface area contributed by atoms with Crippen LogP contribution in [0.5, 0.6) is 11.5 Å². The molecular formula is C16H13BrClN3O3. The molecule has 0 spiro atoms. The Kier molecular flexibility index (Phi) is 5.22. The Hall–Kier alpha value is -2.25. The van der Waals surface area contributed by atoms with Crippen molar-refractivity contribution in [3.05, 3.63) is 51.5 Å². The Bertz CT molecular complexity index is 781. The molecule has 0 saturated carbocycles. The fourth-order valence-electron chi connectivity index (χ4n) is 2.00. The lowest BCUT2D eigenvalue weighted by Crippen LogP contribution is -2.25. The topological polar surface area (TPSA) is 72.0 Å². The fraction of sp³-hybridized carbons (Fsp3) is 0.125. The van der Waals surface area contributed by atoms with Crippen molar-refractivity contribution in [3.63, 3.8) is 0 Å². The number of nitrogens with zero attached hydrogens (tertiary/aromatic N) is 1. The van der Waals surface area contributed by atoms with E-state index in [1.807, 2.05) is 0 Å². The Morgan fingerprint density at radius 2 is 1.96 bits per heavy atom. The standard InChI is InChI=1S/C16H13BrClN3O3/c17-13-6-15-14(23-9-24-15)5-10(13)7-20-21-16(22)8-19-12-3-1-11(18)2-4-12/h1-7,19H,8-9H2,(H,21,22)/b20-7-. The molecule has 2 N–H and O–H groups in total. The number of hydrazone groups is 1. The van der Waals surface area contributed by atoms with Gasteiger partial charge in [-0.1, -0.05) is 11.6 Å². The fourth-order valence-corrected chi connectivity index (χ4v) is 2.55. The Morgan fingerprint density at radius 3 is 2.71 bits per heavy atom. The van der Waals surface area contributed by atoms with E-state index in [-0.39, 0.29) is 19.2 Å². The van der Waals surface area contributed by atoms with Crippen LogP contribution in [0.3, 0.4) is 0 Å². The molecule has 0 saturated heterocycles. The summed E-state index contributed by atoms with van der Waals surface area (Å²) >= 11 is 9.22. The van der Waals surface area contributed by atoms with Crippen LogP contribution in [0, 0.1) is 0 Å². The highest BCUT2D eigenvalue weighted by Crippen LogP contribution is 2.36. The molecule has 0 fully saturated rings. The van der Waals surface area contributed by atoms with Crippen LogP contribution in [0.1, 0.15) is 5.56 Å². The number of carbonyl (C=O) groups is 1. The van der Waals surface area contributed by atoms with Gasteiger partial charge in [-0.2, -0.15) is 5.10 Å². The molecule has 0 bridgehead atoms. The molecule has 1 amide bonds. The van der Waals surface area contributed by atoms with Crippen molar-refractivity contribution in [2.75, 3.05) is 18.7 Å². The molecule has 2 aromatic carbocycles. The van der Waals surface area contributed by atoms with E-state index in [9.17, 15) is 4.79 Å². The van der Waals surface area contributed by atoms with Gasteiger partial charge in [-0.15, -0.1) is 0 Å². The van der Waals surface area contributed by atoms with Gasteiger partial charge in [0.2, 0.25) is 6.79 Å². The second-order valence-electron chi connectivity index (χ2n) is 4.88. The molecule has 2 aromatic rings. The van der Waals surface area contributed by atoms with Gasteiger partial charge in [0.05, 0.1) is 12.8 Å². The van der Waals surface area contributed by atoms with Crippen LogP contribution in [0.25, 0.3) is 0 Å². The second kappa shape index (κ2) is 7.55. The Labute approximate surface area is 151 Å². The molecule has 0 radical (unpaired) electrons. The summed E-state index contributed by atoms with van der Waals surface area (Å²) in [6, 6.07) is 10.7. The summed E-state index contributed by atoms with van der Waals surface area (Å²) in [5.41, 5.74) is 4.03. The lowest BCUT2D eigenvalue weighted by Gasteiger charge is -2.05. The number of rotatable bonds is 5. The number of fused-ring (bicyclic) bond motifs is 1. The number of nitrogens with one attached hydrogen (secondary N) is 2. The average molecular weight is 411 g/mol. The Morgan fingerprint density at radius 1 is 1.25 bits per heavy atom. The number of benzene rings is 2. The first kappa shape index (κ1) is 16.6. The molecule has 0 unspecified atom stereocenters. The lowest BCUT2D eigenvalue weighted by molar-refractivity contribution is -0.119. The zero-order valence-electron chi connectivity index (χ0n) is 12.4. The largest absolute Gasteiger partial charge is 0.454 e. The van der Waals surface area contributed by atoms with Crippen molar-refractivity contribution in [3.8, 4) is 11.5 Å². The minimum Gasteiger partial charge on any atom is -0.454 e. The molecule has 1 aliphatic rings. The van der Waals surface area contributed by atoms with E-state index in [0.717, 1.165) is 15.7 Å². The monoisotopic (exact) mass is 409 g/mol. The number of amides is 1. The number of hydrogen-bond donors (Lipinski definition) is 2. The molecule has 0 aromatic heterocycles. The van der Waals surface area contributed by atoms with Crippen molar-refractivity contribution >= 4 is 45.3 Å². The number of ether oxygens (including phenoxy) is 2. The summed E-state index contributed by atoms with van der Waals surface area (Å²) in [4.78, 5) is 11.8. The van der Waals surface area contributed by atoms with E-state index in [2.05, 4.69) is 31.8 Å². The molecule has 6 nitrogen and oxygen atoms in total. The second-order valence-corrected chi connectivity index (χ2v) is 6.17. The Balaban J connectivity index is 1.52. The van der Waals surface area contributed by atoms with Gasteiger partial charge < -0.3 is 14.8 Å². The van der Waals surface area contributed by atoms with Crippen LogP contribution in [0.2, 0.25) is 5.02 Å². The normalized spacial score (nSPS) is 12.4. The number of anilines is 1. The van der Waals surface area contributed by atoms with Crippen LogP contribution >= 0.6 is 27.5 Å². The van der Waals surface area contributed by atoms with Gasteiger partial charge in [0.15, 0.2) is 11.5 Å². The van der Waals surface area contributed by atoms with Crippen molar-refractivity contribution < 1.29 is 14.3 Å². The molecule has 1 heterocycles. The van der Waals surface area contributed by atoms with Gasteiger partial charge in [0.25, 0.3) is 5.91 Å². The summed E-state index contributed by atoms with van der Waals surface area (Å²) in [5, 5.41) is 7.56. The molecule has 0 aliphatic carbocycles. The van der Waals surface area contributed by atoms with Crippen molar-refractivity contribution in [2.24, 2.45) is 5.10 Å². The first-order valence-electron chi connectivity index (χ1n) is 7.02. The third-order valence-corrected chi connectivity index (χ3v) is 4.12. The minimum atomic E-state index is -0.266. The van der Waals surface area contributed by atoms with E-state index in [4.69, 9.17) is 21.1 Å². The SMILES string of the molecule is O=C(CNc1ccc(Cl)cc1)N/N=C\c1cc2c(cc1Br)OCO2. The van der Waals surface area contributed by atoms with Crippen LogP contribution in [0.15, 0.2) is 46.0 Å². The van der Waals surface area contributed by atoms with Gasteiger partial charge in [0, 0.05) is 20.7 Å². The quantitative estimate of drug-likeness (QED) is 0.585. The smallest absolute Gasteiger partial charge is 0.259 e.